The van der Waals surface area contributed by atoms with Crippen LogP contribution in [0.2, 0.25) is 0 Å². The molecule has 5 nitrogen and oxygen atoms in total. The van der Waals surface area contributed by atoms with Gasteiger partial charge < -0.3 is 18.3 Å². The van der Waals surface area contributed by atoms with E-state index in [4.69, 9.17) is 13.8 Å². The summed E-state index contributed by atoms with van der Waals surface area (Å²) in [5, 5.41) is 6.71. The number of hydrogen-bond acceptors (Lipinski definition) is 4. The summed E-state index contributed by atoms with van der Waals surface area (Å²) in [6, 6.07) is 61.5. The molecular weight excluding hydrogens is 639 g/mol. The number of para-hydroxylation sites is 3. The second kappa shape index (κ2) is 11.2. The normalized spacial score (nSPS) is 11.8. The molecule has 0 aliphatic carbocycles. The van der Waals surface area contributed by atoms with Gasteiger partial charge in [-0.2, -0.15) is 0 Å². The van der Waals surface area contributed by atoms with Crippen LogP contribution < -0.4 is 4.90 Å². The molecule has 0 atom stereocenters. The first-order chi connectivity index (χ1) is 25.8. The molecule has 0 spiro atoms. The third kappa shape index (κ3) is 4.39. The minimum Gasteiger partial charge on any atom is -0.456 e. The molecule has 0 fully saturated rings. The fourth-order valence-corrected chi connectivity index (χ4v) is 7.80. The van der Waals surface area contributed by atoms with E-state index in [0.717, 1.165) is 77.6 Å². The molecule has 0 saturated carbocycles. The fraction of sp³-hybridized carbons (Fsp3) is 0. The highest BCUT2D eigenvalue weighted by Crippen LogP contribution is 2.43. The van der Waals surface area contributed by atoms with Crippen LogP contribution in [0.15, 0.2) is 185 Å². The Hall–Kier alpha value is -7.11. The number of rotatable bonds is 5. The zero-order chi connectivity index (χ0) is 34.2. The van der Waals surface area contributed by atoms with Gasteiger partial charge in [-0.15, -0.1) is 0 Å². The predicted octanol–water partition coefficient (Wildman–Crippen LogP) is 13.1. The van der Waals surface area contributed by atoms with E-state index in [2.05, 4.69) is 137 Å². The summed E-state index contributed by atoms with van der Waals surface area (Å²) in [6.07, 6.45) is 0. The molecule has 0 aliphatic heterocycles. The van der Waals surface area contributed by atoms with E-state index in [-0.39, 0.29) is 0 Å². The highest BCUT2D eigenvalue weighted by Gasteiger charge is 2.20. The van der Waals surface area contributed by atoms with Crippen molar-refractivity contribution in [1.29, 1.82) is 0 Å². The number of nitrogens with zero attached hydrogens (tertiary/aromatic N) is 3. The first-order valence-corrected chi connectivity index (χ1v) is 17.5. The molecule has 11 aromatic rings. The fourth-order valence-electron chi connectivity index (χ4n) is 7.80. The summed E-state index contributed by atoms with van der Waals surface area (Å²) in [4.78, 5) is 7.34. The van der Waals surface area contributed by atoms with E-state index in [1.54, 1.807) is 0 Å². The van der Waals surface area contributed by atoms with Gasteiger partial charge in [0.1, 0.15) is 16.7 Å². The highest BCUT2D eigenvalue weighted by molar-refractivity contribution is 6.12. The maximum absolute atomic E-state index is 6.42. The second-order valence-corrected chi connectivity index (χ2v) is 13.2. The Kier molecular flexibility index (Phi) is 6.18. The third-order valence-corrected chi connectivity index (χ3v) is 10.2. The average Bonchev–Trinajstić information content (AvgIpc) is 3.91. The van der Waals surface area contributed by atoms with Crippen molar-refractivity contribution < 1.29 is 8.83 Å². The van der Waals surface area contributed by atoms with E-state index in [1.165, 1.54) is 16.3 Å². The highest BCUT2D eigenvalue weighted by atomic mass is 16.3. The van der Waals surface area contributed by atoms with Crippen LogP contribution in [0.5, 0.6) is 0 Å². The number of anilines is 3. The van der Waals surface area contributed by atoms with Crippen LogP contribution in [0, 0.1) is 0 Å². The Balaban J connectivity index is 1.15. The molecular formula is C47H29N3O2. The minimum atomic E-state index is 0.612. The minimum absolute atomic E-state index is 0.612. The summed E-state index contributed by atoms with van der Waals surface area (Å²) in [5.74, 6) is 0.612. The SMILES string of the molecule is c1ccc(-c2nc3c(ccc4ccc(N(c5ccc6c(c5)oc5ccccc56)c5ccc6c(c5)c5ccccc5n6-c5ccccc5)cc43)o2)cc1. The average molecular weight is 668 g/mol. The molecule has 0 radical (unpaired) electrons. The molecule has 244 valence electrons. The first-order valence-electron chi connectivity index (χ1n) is 17.5. The maximum Gasteiger partial charge on any atom is 0.227 e. The van der Waals surface area contributed by atoms with Crippen molar-refractivity contribution in [1.82, 2.24) is 9.55 Å². The molecule has 3 aromatic heterocycles. The van der Waals surface area contributed by atoms with Crippen LogP contribution in [-0.4, -0.2) is 9.55 Å². The molecule has 3 heterocycles. The third-order valence-electron chi connectivity index (χ3n) is 10.2. The summed E-state index contributed by atoms with van der Waals surface area (Å²) >= 11 is 0. The van der Waals surface area contributed by atoms with Crippen LogP contribution in [0.4, 0.5) is 17.1 Å². The van der Waals surface area contributed by atoms with Crippen molar-refractivity contribution in [2.45, 2.75) is 0 Å². The number of aromatic nitrogens is 2. The van der Waals surface area contributed by atoms with Crippen LogP contribution in [-0.2, 0) is 0 Å². The van der Waals surface area contributed by atoms with E-state index in [1.807, 2.05) is 48.5 Å². The van der Waals surface area contributed by atoms with Gasteiger partial charge >= 0.3 is 0 Å². The second-order valence-electron chi connectivity index (χ2n) is 13.2. The largest absolute Gasteiger partial charge is 0.456 e. The van der Waals surface area contributed by atoms with Crippen molar-refractivity contribution in [3.8, 4) is 17.1 Å². The molecule has 0 amide bonds. The van der Waals surface area contributed by atoms with Gasteiger partial charge in [0.05, 0.1) is 11.0 Å². The zero-order valence-electron chi connectivity index (χ0n) is 27.9. The van der Waals surface area contributed by atoms with Crippen molar-refractivity contribution in [2.24, 2.45) is 0 Å². The number of oxazole rings is 1. The van der Waals surface area contributed by atoms with Gasteiger partial charge in [-0.1, -0.05) is 84.9 Å². The number of hydrogen-bond donors (Lipinski definition) is 0. The Morgan fingerprint density at radius 2 is 1.06 bits per heavy atom. The smallest absolute Gasteiger partial charge is 0.227 e. The van der Waals surface area contributed by atoms with E-state index in [0.29, 0.717) is 5.89 Å². The number of fused-ring (bicyclic) bond motifs is 9. The molecule has 0 unspecified atom stereocenters. The molecule has 5 heteroatoms. The monoisotopic (exact) mass is 667 g/mol. The summed E-state index contributed by atoms with van der Waals surface area (Å²) in [5.41, 5.74) is 10.8. The van der Waals surface area contributed by atoms with Gasteiger partial charge in [-0.05, 0) is 90.3 Å². The van der Waals surface area contributed by atoms with Crippen LogP contribution >= 0.6 is 0 Å². The number of furan rings is 1. The van der Waals surface area contributed by atoms with Gasteiger partial charge in [-0.3, -0.25) is 0 Å². The van der Waals surface area contributed by atoms with Gasteiger partial charge in [0, 0.05) is 61.3 Å². The van der Waals surface area contributed by atoms with Crippen molar-refractivity contribution in [3.05, 3.63) is 176 Å². The molecule has 0 bridgehead atoms. The lowest BCUT2D eigenvalue weighted by molar-refractivity contribution is 0.620. The summed E-state index contributed by atoms with van der Waals surface area (Å²) in [6.45, 7) is 0. The Bertz CT molecular complexity index is 3140. The van der Waals surface area contributed by atoms with E-state index < -0.39 is 0 Å². The standard InChI is InChI=1S/C47H29N3O2/c1-3-11-31(12-4-1)47-48-46-39-27-33(21-19-30(39)20-26-44(46)52-47)49(35-22-24-38-37-16-8-10-18-43(37)51-45(38)29-35)34-23-25-42-40(28-34)36-15-7-9-17-41(36)50(42)32-13-5-2-6-14-32/h1-29H. The van der Waals surface area contributed by atoms with Gasteiger partial charge in [0.25, 0.3) is 0 Å². The van der Waals surface area contributed by atoms with Crippen LogP contribution in [0.3, 0.4) is 0 Å². The molecule has 0 N–H and O–H groups in total. The Labute approximate surface area is 298 Å². The van der Waals surface area contributed by atoms with Crippen LogP contribution in [0.1, 0.15) is 0 Å². The van der Waals surface area contributed by atoms with Crippen molar-refractivity contribution in [3.63, 3.8) is 0 Å². The van der Waals surface area contributed by atoms with E-state index >= 15 is 0 Å². The lowest BCUT2D eigenvalue weighted by atomic mass is 10.1. The summed E-state index contributed by atoms with van der Waals surface area (Å²) < 4.78 is 15.1. The van der Waals surface area contributed by atoms with E-state index in [9.17, 15) is 0 Å². The molecule has 52 heavy (non-hydrogen) atoms. The first kappa shape index (κ1) is 28.7. The molecule has 11 rings (SSSR count). The zero-order valence-corrected chi connectivity index (χ0v) is 27.9. The van der Waals surface area contributed by atoms with Crippen molar-refractivity contribution in [2.75, 3.05) is 4.90 Å². The maximum atomic E-state index is 6.42. The van der Waals surface area contributed by atoms with Crippen molar-refractivity contribution >= 4 is 82.7 Å². The molecule has 8 aromatic carbocycles. The predicted molar refractivity (Wildman–Crippen MR) is 213 cm³/mol. The lowest BCUT2D eigenvalue weighted by Crippen LogP contribution is -2.10. The Morgan fingerprint density at radius 3 is 1.92 bits per heavy atom. The molecule has 0 aliphatic rings. The van der Waals surface area contributed by atoms with Gasteiger partial charge in [-0.25, -0.2) is 4.98 Å². The molecule has 0 saturated heterocycles. The topological polar surface area (TPSA) is 47.3 Å². The Morgan fingerprint density at radius 1 is 0.423 bits per heavy atom. The number of benzene rings is 8. The van der Waals surface area contributed by atoms with Gasteiger partial charge in [0.15, 0.2) is 5.58 Å². The van der Waals surface area contributed by atoms with Crippen LogP contribution in [0.25, 0.3) is 82.8 Å². The quantitative estimate of drug-likeness (QED) is 0.183. The lowest BCUT2D eigenvalue weighted by Gasteiger charge is -2.26. The van der Waals surface area contributed by atoms with Gasteiger partial charge in [0.2, 0.25) is 5.89 Å². The summed E-state index contributed by atoms with van der Waals surface area (Å²) in [7, 11) is 0.